The zero-order valence-corrected chi connectivity index (χ0v) is 6.93. The normalized spacial score (nSPS) is 37.2. The minimum atomic E-state index is -3.25. The Balaban J connectivity index is 0.00000144. The fraction of sp³-hybridized carbons (Fsp3) is 1.00. The second kappa shape index (κ2) is 4.50. The van der Waals surface area contributed by atoms with E-state index in [1.54, 1.807) is 0 Å². The van der Waals surface area contributed by atoms with Gasteiger partial charge >= 0.3 is 0 Å². The van der Waals surface area contributed by atoms with Gasteiger partial charge in [-0.2, -0.15) is 0 Å². The van der Waals surface area contributed by atoms with Crippen molar-refractivity contribution in [1.29, 1.82) is 0 Å². The average molecular weight is 218 g/mol. The van der Waals surface area contributed by atoms with E-state index in [9.17, 15) is 8.78 Å². The molecule has 3 N–H and O–H groups in total. The predicted octanol–water partition coefficient (Wildman–Crippen LogP) is 0.743. The van der Waals surface area contributed by atoms with Crippen LogP contribution in [0.1, 0.15) is 13.8 Å². The molecule has 0 aromatic carbocycles. The molecule has 0 amide bonds. The Morgan fingerprint density at radius 1 is 1.54 bits per heavy atom. The van der Waals surface area contributed by atoms with E-state index in [0.29, 0.717) is 0 Å². The summed E-state index contributed by atoms with van der Waals surface area (Å²) in [6.07, 6.45) is -1.83. The van der Waals surface area contributed by atoms with Gasteiger partial charge in [0.15, 0.2) is 0 Å². The number of hydrogen-bond donors (Lipinski definition) is 3. The van der Waals surface area contributed by atoms with Crippen molar-refractivity contribution in [2.45, 2.75) is 31.9 Å². The van der Waals surface area contributed by atoms with Crippen LogP contribution in [0.4, 0.5) is 8.78 Å². The molecule has 1 aliphatic carbocycles. The van der Waals surface area contributed by atoms with E-state index in [4.69, 9.17) is 22.0 Å². The molecule has 0 unspecified atom stereocenters. The quantitative estimate of drug-likeness (QED) is 0.598. The molecule has 3 nitrogen and oxygen atoms in total. The first-order chi connectivity index (χ1) is 5.54. The third kappa shape index (κ3) is 2.10. The van der Waals surface area contributed by atoms with Crippen molar-refractivity contribution in [1.82, 2.24) is 4.84 Å². The minimum absolute atomic E-state index is 0. The van der Waals surface area contributed by atoms with Crippen molar-refractivity contribution in [3.05, 3.63) is 0 Å². The summed E-state index contributed by atoms with van der Waals surface area (Å²) in [6, 6.07) is -1.26. The van der Waals surface area contributed by atoms with E-state index in [-0.39, 0.29) is 13.8 Å². The lowest BCUT2D eigenvalue weighted by Gasteiger charge is -2.20. The van der Waals surface area contributed by atoms with Crippen LogP contribution in [0.2, 0.25) is 0 Å². The Bertz CT molecular complexity index is 167. The summed E-state index contributed by atoms with van der Waals surface area (Å²) in [5.41, 5.74) is 0. The van der Waals surface area contributed by atoms with Crippen LogP contribution in [0.5, 0.6) is 0 Å². The maximum absolute atomic E-state index is 12.9. The maximum Gasteiger partial charge on any atom is 0.289 e. The Hall–Kier alpha value is 0.0300. The van der Waals surface area contributed by atoms with Crippen LogP contribution < -0.4 is 4.84 Å². The summed E-state index contributed by atoms with van der Waals surface area (Å²) in [6.45, 7) is -0.453. The summed E-state index contributed by atoms with van der Waals surface area (Å²) < 4.78 is 25.9. The number of alkyl halides is 2. The average Bonchev–Trinajstić information content (AvgIpc) is 2.25. The second-order valence-electron chi connectivity index (χ2n) is 2.96. The summed E-state index contributed by atoms with van der Waals surface area (Å²) >= 11 is 5.06. The topological polar surface area (TPSA) is 52.5 Å². The van der Waals surface area contributed by atoms with Gasteiger partial charge in [-0.1, -0.05) is 7.43 Å². The molecule has 0 heterocycles. The van der Waals surface area contributed by atoms with Crippen LogP contribution in [0.15, 0.2) is 0 Å². The molecule has 6 heteroatoms. The van der Waals surface area contributed by atoms with Gasteiger partial charge in [-0.3, -0.25) is 0 Å². The van der Waals surface area contributed by atoms with Crippen molar-refractivity contribution in [2.24, 2.45) is 5.92 Å². The highest BCUT2D eigenvalue weighted by molar-refractivity contribution is 6.13. The van der Waals surface area contributed by atoms with Crippen LogP contribution >= 0.6 is 11.8 Å². The molecule has 13 heavy (non-hydrogen) atoms. The third-order valence-electron chi connectivity index (χ3n) is 2.21. The van der Waals surface area contributed by atoms with Crippen molar-refractivity contribution in [2.75, 3.05) is 6.61 Å². The zero-order chi connectivity index (χ0) is 9.35. The Morgan fingerprint density at radius 2 is 2.08 bits per heavy atom. The van der Waals surface area contributed by atoms with Crippen LogP contribution in [-0.2, 0) is 0 Å². The number of halogens is 3. The van der Waals surface area contributed by atoms with E-state index < -0.39 is 30.6 Å². The standard InChI is InChI=1S/C6H10ClF2NO2.CH4/c7-10-4-1-3(2-11)5(12)6(4,8)9;/h3-5,10-12H,1-2H2;1H4/t3-,4-,5-;/m1./s1. The van der Waals surface area contributed by atoms with Gasteiger partial charge < -0.3 is 10.2 Å². The lowest BCUT2D eigenvalue weighted by Crippen LogP contribution is -2.43. The molecular weight excluding hydrogens is 204 g/mol. The number of aliphatic hydroxyl groups is 2. The van der Waals surface area contributed by atoms with Gasteiger partial charge in [0.2, 0.25) is 0 Å². The van der Waals surface area contributed by atoms with Crippen LogP contribution in [0.3, 0.4) is 0 Å². The predicted molar refractivity (Wildman–Crippen MR) is 45.7 cm³/mol. The second-order valence-corrected chi connectivity index (χ2v) is 3.18. The fourth-order valence-electron chi connectivity index (χ4n) is 1.40. The Kier molecular flexibility index (Phi) is 4.51. The third-order valence-corrected chi connectivity index (χ3v) is 2.47. The summed E-state index contributed by atoms with van der Waals surface area (Å²) in [5.74, 6) is -4.05. The SMILES string of the molecule is C.OC[C@H]1C[C@@H](NCl)C(F)(F)[C@@H]1O. The Labute approximate surface area is 80.8 Å². The first-order valence-corrected chi connectivity index (χ1v) is 3.94. The number of aliphatic hydroxyl groups excluding tert-OH is 2. The van der Waals surface area contributed by atoms with Crippen molar-refractivity contribution < 1.29 is 19.0 Å². The van der Waals surface area contributed by atoms with Gasteiger partial charge in [0.25, 0.3) is 5.92 Å². The Morgan fingerprint density at radius 3 is 2.31 bits per heavy atom. The molecule has 0 spiro atoms. The number of nitrogens with one attached hydrogen (secondary N) is 1. The molecule has 1 fully saturated rings. The first kappa shape index (κ1) is 13.0. The zero-order valence-electron chi connectivity index (χ0n) is 6.17. The molecule has 0 saturated heterocycles. The van der Waals surface area contributed by atoms with Gasteiger partial charge in [-0.05, 0) is 18.2 Å². The highest BCUT2D eigenvalue weighted by Crippen LogP contribution is 2.39. The van der Waals surface area contributed by atoms with Crippen molar-refractivity contribution >= 4 is 11.8 Å². The number of hydrogen-bond acceptors (Lipinski definition) is 3. The van der Waals surface area contributed by atoms with Gasteiger partial charge in [-0.25, -0.2) is 13.6 Å². The molecule has 1 rings (SSSR count). The molecule has 0 aromatic heterocycles. The number of rotatable bonds is 2. The molecule has 0 bridgehead atoms. The van der Waals surface area contributed by atoms with Crippen LogP contribution in [0, 0.1) is 5.92 Å². The summed E-state index contributed by atoms with van der Waals surface area (Å²) in [4.78, 5) is 1.90. The largest absolute Gasteiger partial charge is 0.396 e. The van der Waals surface area contributed by atoms with E-state index in [1.165, 1.54) is 0 Å². The first-order valence-electron chi connectivity index (χ1n) is 3.57. The minimum Gasteiger partial charge on any atom is -0.396 e. The van der Waals surface area contributed by atoms with Crippen LogP contribution in [-0.4, -0.2) is 34.9 Å². The molecular formula is C7H14ClF2NO2. The lowest BCUT2D eigenvalue weighted by atomic mass is 10.1. The van der Waals surface area contributed by atoms with Gasteiger partial charge in [-0.15, -0.1) is 0 Å². The monoisotopic (exact) mass is 217 g/mol. The van der Waals surface area contributed by atoms with Crippen molar-refractivity contribution in [3.8, 4) is 0 Å². The smallest absolute Gasteiger partial charge is 0.289 e. The van der Waals surface area contributed by atoms with Gasteiger partial charge in [0.05, 0.1) is 6.04 Å². The van der Waals surface area contributed by atoms with E-state index in [1.807, 2.05) is 4.84 Å². The highest BCUT2D eigenvalue weighted by Gasteiger charge is 2.56. The maximum atomic E-state index is 12.9. The van der Waals surface area contributed by atoms with Crippen molar-refractivity contribution in [3.63, 3.8) is 0 Å². The molecule has 0 aliphatic heterocycles. The van der Waals surface area contributed by atoms with E-state index >= 15 is 0 Å². The lowest BCUT2D eigenvalue weighted by molar-refractivity contribution is -0.112. The highest BCUT2D eigenvalue weighted by atomic mass is 35.5. The van der Waals surface area contributed by atoms with E-state index in [0.717, 1.165) is 0 Å². The molecule has 0 aromatic rings. The fourth-order valence-corrected chi connectivity index (χ4v) is 1.64. The van der Waals surface area contributed by atoms with Crippen LogP contribution in [0.25, 0.3) is 0 Å². The van der Waals surface area contributed by atoms with Gasteiger partial charge in [0, 0.05) is 12.5 Å². The van der Waals surface area contributed by atoms with Gasteiger partial charge in [0.1, 0.15) is 6.10 Å². The molecule has 0 radical (unpaired) electrons. The summed E-state index contributed by atoms with van der Waals surface area (Å²) in [5, 5.41) is 17.6. The van der Waals surface area contributed by atoms with E-state index in [2.05, 4.69) is 0 Å². The molecule has 3 atom stereocenters. The molecule has 80 valence electrons. The molecule has 1 saturated carbocycles. The molecule has 1 aliphatic rings. The summed E-state index contributed by atoms with van der Waals surface area (Å²) in [7, 11) is 0.